The van der Waals surface area contributed by atoms with Gasteiger partial charge in [0.05, 0.1) is 22.1 Å². The molecule has 0 radical (unpaired) electrons. The van der Waals surface area contributed by atoms with E-state index in [1.54, 1.807) is 0 Å². The molecule has 5 heteroatoms. The Labute approximate surface area is 338 Å². The van der Waals surface area contributed by atoms with E-state index in [4.69, 9.17) is 15.0 Å². The zero-order valence-electron chi connectivity index (χ0n) is 33.2. The summed E-state index contributed by atoms with van der Waals surface area (Å²) in [6.45, 7) is 9.60. The predicted octanol–water partition coefficient (Wildman–Crippen LogP) is 13.4. The molecule has 0 atom stereocenters. The Bertz CT molecular complexity index is 3160. The lowest BCUT2D eigenvalue weighted by atomic mass is 9.63. The molecule has 11 rings (SSSR count). The van der Waals surface area contributed by atoms with Crippen LogP contribution in [0.15, 0.2) is 164 Å². The molecule has 3 aromatic heterocycles. The van der Waals surface area contributed by atoms with E-state index < -0.39 is 0 Å². The molecule has 0 unspecified atom stereocenters. The fourth-order valence-electron chi connectivity index (χ4n) is 9.47. The van der Waals surface area contributed by atoms with Crippen molar-refractivity contribution in [3.8, 4) is 45.5 Å². The Hall–Kier alpha value is -6.85. The first-order chi connectivity index (χ1) is 28.2. The summed E-state index contributed by atoms with van der Waals surface area (Å²) in [7, 11) is 0. The van der Waals surface area contributed by atoms with E-state index in [1.807, 2.05) is 36.4 Å². The number of aromatic nitrogens is 5. The van der Waals surface area contributed by atoms with Crippen LogP contribution < -0.4 is 0 Å². The van der Waals surface area contributed by atoms with E-state index in [1.165, 1.54) is 45.9 Å². The zero-order valence-corrected chi connectivity index (χ0v) is 33.2. The fourth-order valence-corrected chi connectivity index (χ4v) is 9.47. The van der Waals surface area contributed by atoms with Crippen molar-refractivity contribution in [2.75, 3.05) is 0 Å². The third-order valence-corrected chi connectivity index (χ3v) is 12.6. The van der Waals surface area contributed by atoms with Crippen LogP contribution >= 0.6 is 0 Å². The van der Waals surface area contributed by atoms with Gasteiger partial charge in [-0.05, 0) is 70.2 Å². The second kappa shape index (κ2) is 12.8. The van der Waals surface area contributed by atoms with Crippen LogP contribution in [0.2, 0.25) is 0 Å². The minimum absolute atomic E-state index is 0.125. The van der Waals surface area contributed by atoms with E-state index in [2.05, 4.69) is 164 Å². The molecule has 1 aliphatic carbocycles. The van der Waals surface area contributed by atoms with Gasteiger partial charge in [0.1, 0.15) is 0 Å². The predicted molar refractivity (Wildman–Crippen MR) is 240 cm³/mol. The Balaban J connectivity index is 1.21. The Morgan fingerprint density at radius 1 is 0.397 bits per heavy atom. The monoisotopic (exact) mass is 749 g/mol. The van der Waals surface area contributed by atoms with Crippen molar-refractivity contribution in [3.63, 3.8) is 0 Å². The normalized spacial score (nSPS) is 14.7. The molecule has 10 aromatic rings. The van der Waals surface area contributed by atoms with Crippen LogP contribution in [0.5, 0.6) is 0 Å². The topological polar surface area (TPSA) is 48.5 Å². The van der Waals surface area contributed by atoms with E-state index in [9.17, 15) is 0 Å². The van der Waals surface area contributed by atoms with Gasteiger partial charge in [-0.1, -0.05) is 167 Å². The number of benzene rings is 7. The lowest BCUT2D eigenvalue weighted by molar-refractivity contribution is 0.332. The summed E-state index contributed by atoms with van der Waals surface area (Å²) in [5.41, 5.74) is 13.0. The van der Waals surface area contributed by atoms with Gasteiger partial charge in [-0.25, -0.2) is 4.98 Å². The maximum absolute atomic E-state index is 5.28. The third kappa shape index (κ3) is 5.33. The molecule has 0 spiro atoms. The van der Waals surface area contributed by atoms with Crippen molar-refractivity contribution >= 4 is 43.6 Å². The molecule has 0 N–H and O–H groups in total. The summed E-state index contributed by atoms with van der Waals surface area (Å²) in [5, 5.41) is 4.67. The number of hydrogen-bond donors (Lipinski definition) is 0. The Morgan fingerprint density at radius 3 is 1.52 bits per heavy atom. The molecule has 0 saturated carbocycles. The molecule has 58 heavy (non-hydrogen) atoms. The first-order valence-electron chi connectivity index (χ1n) is 20.3. The lowest BCUT2D eigenvalue weighted by Gasteiger charge is -2.42. The highest BCUT2D eigenvalue weighted by molar-refractivity contribution is 6.23. The third-order valence-electron chi connectivity index (χ3n) is 12.6. The maximum atomic E-state index is 5.28. The molecule has 0 bridgehead atoms. The highest BCUT2D eigenvalue weighted by Crippen LogP contribution is 2.47. The van der Waals surface area contributed by atoms with E-state index in [0.717, 1.165) is 49.7 Å². The molecule has 7 aromatic carbocycles. The Kier molecular flexibility index (Phi) is 7.61. The average molecular weight is 750 g/mol. The van der Waals surface area contributed by atoms with Crippen LogP contribution in [-0.4, -0.2) is 24.1 Å². The maximum Gasteiger partial charge on any atom is 0.238 e. The van der Waals surface area contributed by atoms with Gasteiger partial charge in [-0.15, -0.1) is 0 Å². The molecular formula is C53H43N5. The highest BCUT2D eigenvalue weighted by atomic mass is 15.2. The molecule has 0 amide bonds. The van der Waals surface area contributed by atoms with Gasteiger partial charge in [-0.2, -0.15) is 9.97 Å². The molecule has 280 valence electrons. The van der Waals surface area contributed by atoms with Gasteiger partial charge in [0.2, 0.25) is 5.95 Å². The zero-order chi connectivity index (χ0) is 39.2. The smallest absolute Gasteiger partial charge is 0.238 e. The van der Waals surface area contributed by atoms with Crippen molar-refractivity contribution in [2.24, 2.45) is 0 Å². The quantitative estimate of drug-likeness (QED) is 0.176. The molecule has 5 nitrogen and oxygen atoms in total. The summed E-state index contributed by atoms with van der Waals surface area (Å²) < 4.78 is 4.72. The standard InChI is InChI=1S/C53H43N5/c1-52(2)30-31-53(3,4)44-33-37(26-29-43(44)52)36-20-15-21-38(32-36)57-45-24-13-11-22-39(45)41-27-28-42-40-23-12-14-25-46(40)58(48(42)47(41)57)51-55-49(34-16-7-5-8-17-34)54-50(56-51)35-18-9-6-10-19-35/h5-29,32-33H,30-31H2,1-4H3. The van der Waals surface area contributed by atoms with E-state index in [0.29, 0.717) is 17.6 Å². The average Bonchev–Trinajstić information content (AvgIpc) is 3.79. The SMILES string of the molecule is CC1(C)CCC(C)(C)c2cc(-c3cccc(-n4c5ccccc5c5ccc6c7ccccc7n(-c7nc(-c8ccccc8)nc(-c8ccccc8)n7)c6c54)c3)ccc21. The first kappa shape index (κ1) is 34.4. The van der Waals surface area contributed by atoms with Gasteiger partial charge < -0.3 is 4.57 Å². The van der Waals surface area contributed by atoms with Gasteiger partial charge in [0, 0.05) is 38.4 Å². The summed E-state index contributed by atoms with van der Waals surface area (Å²) in [6.07, 6.45) is 2.38. The second-order valence-corrected chi connectivity index (χ2v) is 17.2. The molecular weight excluding hydrogens is 707 g/mol. The van der Waals surface area contributed by atoms with Crippen molar-refractivity contribution in [3.05, 3.63) is 175 Å². The van der Waals surface area contributed by atoms with E-state index >= 15 is 0 Å². The van der Waals surface area contributed by atoms with Crippen molar-refractivity contribution in [1.82, 2.24) is 24.1 Å². The van der Waals surface area contributed by atoms with Crippen LogP contribution in [0.1, 0.15) is 51.7 Å². The summed E-state index contributed by atoms with van der Waals surface area (Å²) in [5.74, 6) is 1.84. The largest absolute Gasteiger partial charge is 0.307 e. The fraction of sp³-hybridized carbons (Fsp3) is 0.151. The molecule has 0 saturated heterocycles. The lowest BCUT2D eigenvalue weighted by Crippen LogP contribution is -2.33. The van der Waals surface area contributed by atoms with Gasteiger partial charge in [0.25, 0.3) is 0 Å². The number of hydrogen-bond acceptors (Lipinski definition) is 3. The molecule has 3 heterocycles. The Morgan fingerprint density at radius 2 is 0.897 bits per heavy atom. The summed E-state index contributed by atoms with van der Waals surface area (Å²) >= 11 is 0. The minimum atomic E-state index is 0.125. The molecule has 1 aliphatic rings. The van der Waals surface area contributed by atoms with Crippen LogP contribution in [0.3, 0.4) is 0 Å². The number of fused-ring (bicyclic) bond motifs is 8. The van der Waals surface area contributed by atoms with Gasteiger partial charge >= 0.3 is 0 Å². The van der Waals surface area contributed by atoms with Crippen molar-refractivity contribution in [1.29, 1.82) is 0 Å². The van der Waals surface area contributed by atoms with Crippen molar-refractivity contribution in [2.45, 2.75) is 51.4 Å². The second-order valence-electron chi connectivity index (χ2n) is 17.2. The number of nitrogens with zero attached hydrogens (tertiary/aromatic N) is 5. The van der Waals surface area contributed by atoms with Crippen LogP contribution in [0.4, 0.5) is 0 Å². The van der Waals surface area contributed by atoms with Crippen LogP contribution in [0.25, 0.3) is 89.2 Å². The molecule has 0 aliphatic heterocycles. The summed E-state index contributed by atoms with van der Waals surface area (Å²) in [4.78, 5) is 15.6. The number of para-hydroxylation sites is 2. The van der Waals surface area contributed by atoms with Crippen LogP contribution in [-0.2, 0) is 10.8 Å². The van der Waals surface area contributed by atoms with Gasteiger partial charge in [0.15, 0.2) is 11.6 Å². The summed E-state index contributed by atoms with van der Waals surface area (Å²) in [6, 6.07) is 58.6. The van der Waals surface area contributed by atoms with E-state index in [-0.39, 0.29) is 10.8 Å². The minimum Gasteiger partial charge on any atom is -0.307 e. The van der Waals surface area contributed by atoms with Crippen LogP contribution in [0, 0.1) is 0 Å². The first-order valence-corrected chi connectivity index (χ1v) is 20.3. The van der Waals surface area contributed by atoms with Gasteiger partial charge in [-0.3, -0.25) is 4.57 Å². The van der Waals surface area contributed by atoms with Crippen molar-refractivity contribution < 1.29 is 0 Å². The molecule has 0 fully saturated rings. The number of rotatable bonds is 5. The highest BCUT2D eigenvalue weighted by Gasteiger charge is 2.37.